The fraction of sp³-hybridized carbons (Fsp3) is 0.667. The first kappa shape index (κ1) is 59.0. The van der Waals surface area contributed by atoms with Crippen LogP contribution >= 0.6 is 24.4 Å². The van der Waals surface area contributed by atoms with Crippen LogP contribution in [0.1, 0.15) is 86.1 Å². The van der Waals surface area contributed by atoms with E-state index in [1.807, 2.05) is 27.0 Å². The third-order valence-corrected chi connectivity index (χ3v) is 12.5. The number of carboxylic acid groups (broad SMARTS) is 1. The Morgan fingerprint density at radius 3 is 1.94 bits per heavy atom. The number of benzene rings is 1. The summed E-state index contributed by atoms with van der Waals surface area (Å²) in [5.74, 6) is -7.78. The van der Waals surface area contributed by atoms with Gasteiger partial charge in [-0.2, -0.15) is 24.4 Å². The number of hydrogen-bond acceptors (Lipinski definition) is 14. The Hall–Kier alpha value is -5.13. The number of aromatic hydroxyl groups is 1. The van der Waals surface area contributed by atoms with Crippen molar-refractivity contribution in [2.75, 3.05) is 30.9 Å². The lowest BCUT2D eigenvalue weighted by atomic mass is 9.96. The number of thiol groups is 1. The third-order valence-electron chi connectivity index (χ3n) is 11.5. The van der Waals surface area contributed by atoms with Crippen molar-refractivity contribution in [1.29, 1.82) is 0 Å². The van der Waals surface area contributed by atoms with Gasteiger partial charge in [0, 0.05) is 18.7 Å². The van der Waals surface area contributed by atoms with Gasteiger partial charge in [0.25, 0.3) is 0 Å². The molecule has 1 fully saturated rings. The third kappa shape index (κ3) is 18.8. The van der Waals surface area contributed by atoms with E-state index in [2.05, 4.69) is 49.8 Å². The summed E-state index contributed by atoms with van der Waals surface area (Å²) in [7, 11) is 0. The van der Waals surface area contributed by atoms with Crippen LogP contribution < -0.4 is 43.0 Å². The minimum Gasteiger partial charge on any atom is -0.508 e. The van der Waals surface area contributed by atoms with Crippen LogP contribution in [0.4, 0.5) is 0 Å². The second kappa shape index (κ2) is 29.0. The zero-order chi connectivity index (χ0) is 51.4. The number of carboxylic acids is 1. The van der Waals surface area contributed by atoms with Gasteiger partial charge in [0.2, 0.25) is 47.3 Å². The second-order valence-corrected chi connectivity index (χ2v) is 19.2. The largest absolute Gasteiger partial charge is 0.508 e. The predicted octanol–water partition coefficient (Wildman–Crippen LogP) is -0.825. The summed E-state index contributed by atoms with van der Waals surface area (Å²) >= 11 is 5.65. The minimum atomic E-state index is -1.59. The van der Waals surface area contributed by atoms with Crippen LogP contribution in [0.2, 0.25) is 0 Å². The number of aliphatic hydroxyl groups excluding tert-OH is 1. The molecule has 23 heteroatoms. The lowest BCUT2D eigenvalue weighted by Crippen LogP contribution is -2.60. The van der Waals surface area contributed by atoms with Crippen molar-refractivity contribution in [3.8, 4) is 5.75 Å². The summed E-state index contributed by atoms with van der Waals surface area (Å²) < 4.78 is 0. The molecule has 10 atom stereocenters. The van der Waals surface area contributed by atoms with Crippen molar-refractivity contribution in [2.24, 2.45) is 23.5 Å². The minimum absolute atomic E-state index is 0.00869. The fourth-order valence-electron chi connectivity index (χ4n) is 7.29. The highest BCUT2D eigenvalue weighted by Gasteiger charge is 2.40. The molecular formula is C45H73N9O12S2. The van der Waals surface area contributed by atoms with E-state index < -0.39 is 120 Å². The monoisotopic (exact) mass is 995 g/mol. The first-order valence-electron chi connectivity index (χ1n) is 22.9. The highest BCUT2D eigenvalue weighted by atomic mass is 32.2. The van der Waals surface area contributed by atoms with Crippen molar-refractivity contribution in [1.82, 2.24) is 42.1 Å². The number of aliphatic hydroxyl groups is 1. The first-order chi connectivity index (χ1) is 31.9. The van der Waals surface area contributed by atoms with Crippen molar-refractivity contribution < 1.29 is 58.5 Å². The predicted molar refractivity (Wildman–Crippen MR) is 259 cm³/mol. The van der Waals surface area contributed by atoms with Gasteiger partial charge in [-0.05, 0) is 80.1 Å². The van der Waals surface area contributed by atoms with Gasteiger partial charge >= 0.3 is 5.97 Å². The molecule has 0 aliphatic carbocycles. The quantitative estimate of drug-likeness (QED) is 0.0457. The number of thioether (sulfide) groups is 1. The number of phenols is 1. The van der Waals surface area contributed by atoms with E-state index in [0.29, 0.717) is 30.6 Å². The Bertz CT molecular complexity index is 1890. The smallest absolute Gasteiger partial charge is 0.326 e. The van der Waals surface area contributed by atoms with E-state index in [4.69, 9.17) is 5.73 Å². The molecule has 0 unspecified atom stereocenters. The Morgan fingerprint density at radius 2 is 1.40 bits per heavy atom. The topological polar surface area (TPSA) is 328 Å². The fourth-order valence-corrected chi connectivity index (χ4v) is 8.03. The van der Waals surface area contributed by atoms with Crippen LogP contribution in [0, 0.1) is 17.8 Å². The van der Waals surface area contributed by atoms with Gasteiger partial charge in [0.1, 0.15) is 48.0 Å². The van der Waals surface area contributed by atoms with E-state index in [-0.39, 0.29) is 49.1 Å². The molecule has 0 aromatic heterocycles. The van der Waals surface area contributed by atoms with Crippen LogP contribution in [0.3, 0.4) is 0 Å². The number of nitrogens with zero attached hydrogens (tertiary/aromatic N) is 1. The highest BCUT2D eigenvalue weighted by molar-refractivity contribution is 7.98. The van der Waals surface area contributed by atoms with Gasteiger partial charge in [-0.25, -0.2) is 4.79 Å². The number of phenolic OH excluding ortho intramolecular Hbond substituents is 1. The molecule has 68 heavy (non-hydrogen) atoms. The molecule has 1 saturated heterocycles. The van der Waals surface area contributed by atoms with Gasteiger partial charge in [-0.1, -0.05) is 60.1 Å². The van der Waals surface area contributed by atoms with Gasteiger partial charge in [-0.3, -0.25) is 38.4 Å². The average molecular weight is 996 g/mol. The summed E-state index contributed by atoms with van der Waals surface area (Å²) in [6.07, 6.45) is 2.10. The molecule has 21 nitrogen and oxygen atoms in total. The van der Waals surface area contributed by atoms with Crippen molar-refractivity contribution in [2.45, 2.75) is 141 Å². The van der Waals surface area contributed by atoms with Crippen molar-refractivity contribution in [3.05, 3.63) is 29.8 Å². The molecular weight excluding hydrogens is 923 g/mol. The van der Waals surface area contributed by atoms with Crippen molar-refractivity contribution >= 4 is 77.6 Å². The Morgan fingerprint density at radius 1 is 0.794 bits per heavy atom. The molecule has 12 N–H and O–H groups in total. The van der Waals surface area contributed by atoms with Crippen molar-refractivity contribution in [3.63, 3.8) is 0 Å². The molecule has 8 amide bonds. The number of rotatable bonds is 28. The lowest BCUT2D eigenvalue weighted by molar-refractivity contribution is -0.144. The van der Waals surface area contributed by atoms with Crippen LogP contribution in [-0.2, 0) is 49.6 Å². The molecule has 0 saturated carbocycles. The number of aliphatic carboxylic acids is 1. The Balaban J connectivity index is 2.24. The zero-order valence-electron chi connectivity index (χ0n) is 40.2. The second-order valence-electron chi connectivity index (χ2n) is 17.9. The number of carbonyl (C=O) groups is 9. The molecule has 1 aromatic carbocycles. The lowest BCUT2D eigenvalue weighted by Gasteiger charge is -2.32. The highest BCUT2D eigenvalue weighted by Crippen LogP contribution is 2.22. The molecule has 0 bridgehead atoms. The number of likely N-dealkylation sites (tertiary alicyclic amines) is 1. The normalized spacial score (nSPS) is 17.5. The average Bonchev–Trinajstić information content (AvgIpc) is 3.78. The number of hydrogen-bond donors (Lipinski definition) is 12. The molecule has 382 valence electrons. The molecule has 1 aliphatic rings. The molecule has 1 heterocycles. The van der Waals surface area contributed by atoms with E-state index in [0.717, 1.165) is 0 Å². The molecule has 0 spiro atoms. The Labute approximate surface area is 408 Å². The number of amides is 8. The molecule has 0 radical (unpaired) electrons. The van der Waals surface area contributed by atoms with Gasteiger partial charge in [0.05, 0.1) is 18.7 Å². The number of carbonyl (C=O) groups excluding carboxylic acids is 8. The van der Waals surface area contributed by atoms with E-state index in [9.17, 15) is 58.5 Å². The van der Waals surface area contributed by atoms with Crippen LogP contribution in [-0.4, -0.2) is 159 Å². The summed E-state index contributed by atoms with van der Waals surface area (Å²) in [5, 5.41) is 47.4. The summed E-state index contributed by atoms with van der Waals surface area (Å²) in [6, 6.07) is -3.50. The van der Waals surface area contributed by atoms with Gasteiger partial charge < -0.3 is 63.2 Å². The van der Waals surface area contributed by atoms with E-state index >= 15 is 0 Å². The van der Waals surface area contributed by atoms with Crippen LogP contribution in [0.15, 0.2) is 24.3 Å². The SMILES string of the molecule is CC[C@H](C)[C@H](NC(=O)[C@@H](N)CCSC)C(=O)N[C@@H](Cc1ccc(O)cc1)C(=O)N1CCC[C@H]1C(=O)N[C@@H](CC(C)C)C(=O)NCC(=O)N[C@@H](CS)C(=O)N[C@H](C(=O)N[C@H](C(=O)O)C(C)C)[C@@H](C)O. The summed E-state index contributed by atoms with van der Waals surface area (Å²) in [4.78, 5) is 121. The zero-order valence-corrected chi connectivity index (χ0v) is 41.9. The maximum Gasteiger partial charge on any atom is 0.326 e. The number of nitrogens with two attached hydrogens (primary N) is 1. The summed E-state index contributed by atoms with van der Waals surface area (Å²) in [6.45, 7) is 11.1. The Kier molecular flexibility index (Phi) is 25.2. The van der Waals surface area contributed by atoms with Gasteiger partial charge in [-0.15, -0.1) is 0 Å². The first-order valence-corrected chi connectivity index (χ1v) is 24.9. The molecule has 1 aliphatic heterocycles. The molecule has 2 rings (SSSR count). The maximum atomic E-state index is 14.5. The number of nitrogens with one attached hydrogen (secondary N) is 7. The molecule has 1 aromatic rings. The van der Waals surface area contributed by atoms with Crippen LogP contribution in [0.25, 0.3) is 0 Å². The van der Waals surface area contributed by atoms with Gasteiger partial charge in [0.15, 0.2) is 0 Å². The van der Waals surface area contributed by atoms with E-state index in [1.165, 1.54) is 35.7 Å². The van der Waals surface area contributed by atoms with E-state index in [1.54, 1.807) is 32.9 Å². The summed E-state index contributed by atoms with van der Waals surface area (Å²) in [5.41, 5.74) is 6.70. The maximum absolute atomic E-state index is 14.5. The standard InChI is InChI=1S/C45H73N9O12S2/c1-9-25(6)36(52-38(58)29(46)16-18-68-8)42(62)50-31(20-27-12-14-28(56)15-13-27)44(64)54-17-10-11-33(54)41(61)49-30(19-23(2)3)39(59)47-21-34(57)48-32(22-67)40(60)53-37(26(7)55)43(63)51-35(24(4)5)45(65)66/h12-15,23-26,29-33,35-37,55-56,67H,9-11,16-22,46H2,1-8H3,(H,47,59)(H,48,57)(H,49,61)(H,50,62)(H,51,63)(H,52,58)(H,53,60)(H,65,66)/t25-,26+,29-,30-,31-,32-,33-,35-,36-,37-/m0/s1. The van der Waals surface area contributed by atoms with Crippen LogP contribution in [0.5, 0.6) is 5.75 Å².